The van der Waals surface area contributed by atoms with Gasteiger partial charge in [-0.25, -0.2) is 4.98 Å². The van der Waals surface area contributed by atoms with Gasteiger partial charge in [0.25, 0.3) is 0 Å². The number of alkyl halides is 3. The minimum absolute atomic E-state index is 0.140. The molecule has 1 aromatic heterocycles. The Hall–Kier alpha value is -1.97. The molecule has 0 aliphatic carbocycles. The van der Waals surface area contributed by atoms with Crippen LogP contribution in [0.25, 0.3) is 0 Å². The first kappa shape index (κ1) is 21.7. The molecule has 1 atom stereocenters. The molecule has 1 unspecified atom stereocenters. The number of carbonyl (C=O) groups is 1. The largest absolute Gasteiger partial charge is 0.417 e. The Balaban J connectivity index is 1.59. The summed E-state index contributed by atoms with van der Waals surface area (Å²) < 4.78 is 43.4. The molecule has 1 aliphatic heterocycles. The van der Waals surface area contributed by atoms with Gasteiger partial charge in [0.1, 0.15) is 5.03 Å². The number of pyridine rings is 1. The topological polar surface area (TPSA) is 54.5 Å². The van der Waals surface area contributed by atoms with Crippen molar-refractivity contribution < 1.29 is 22.7 Å². The third kappa shape index (κ3) is 5.77. The van der Waals surface area contributed by atoms with E-state index >= 15 is 0 Å². The fourth-order valence-electron chi connectivity index (χ4n) is 2.71. The molecule has 0 bridgehead atoms. The smallest absolute Gasteiger partial charge is 0.378 e. The third-order valence-corrected chi connectivity index (χ3v) is 5.82. The summed E-state index contributed by atoms with van der Waals surface area (Å²) in [4.78, 5) is 18.4. The molecule has 0 saturated carbocycles. The number of anilines is 2. The number of aromatic nitrogens is 1. The number of ether oxygens (including phenoxy) is 1. The van der Waals surface area contributed by atoms with Crippen LogP contribution in [0.5, 0.6) is 0 Å². The van der Waals surface area contributed by atoms with E-state index in [4.69, 9.17) is 16.3 Å². The number of halogens is 4. The molecule has 1 fully saturated rings. The number of thioether (sulfide) groups is 1. The number of hydrogen-bond donors (Lipinski definition) is 1. The highest BCUT2D eigenvalue weighted by atomic mass is 35.5. The standard InChI is InChI=1S/C19H19ClF3N3O2S/c1-12(29-18-16(20)10-13(11-24-18)19(21,22)23)17(27)25-14-2-4-15(5-3-14)26-6-8-28-9-7-26/h2-5,10-12H,6-9H2,1H3,(H,25,27). The number of nitrogens with zero attached hydrogens (tertiary/aromatic N) is 2. The average Bonchev–Trinajstić information content (AvgIpc) is 2.70. The van der Waals surface area contributed by atoms with Gasteiger partial charge in [0.15, 0.2) is 0 Å². The summed E-state index contributed by atoms with van der Waals surface area (Å²) in [5.74, 6) is -0.299. The fourth-order valence-corrected chi connectivity index (χ4v) is 3.80. The summed E-state index contributed by atoms with van der Waals surface area (Å²) in [7, 11) is 0. The van der Waals surface area contributed by atoms with E-state index in [1.165, 1.54) is 0 Å². The summed E-state index contributed by atoms with van der Waals surface area (Å²) in [5, 5.41) is 2.22. The van der Waals surface area contributed by atoms with Gasteiger partial charge in [-0.05, 0) is 37.3 Å². The molecule has 0 spiro atoms. The first-order valence-corrected chi connectivity index (χ1v) is 10.1. The Morgan fingerprint density at radius 3 is 2.52 bits per heavy atom. The highest BCUT2D eigenvalue weighted by Gasteiger charge is 2.32. The van der Waals surface area contributed by atoms with Crippen molar-refractivity contribution >= 4 is 40.6 Å². The van der Waals surface area contributed by atoms with E-state index in [-0.39, 0.29) is 16.0 Å². The van der Waals surface area contributed by atoms with Crippen molar-refractivity contribution in [1.82, 2.24) is 4.98 Å². The van der Waals surface area contributed by atoms with Gasteiger partial charge < -0.3 is 15.0 Å². The maximum Gasteiger partial charge on any atom is 0.417 e. The second-order valence-corrected chi connectivity index (χ2v) is 8.14. The highest BCUT2D eigenvalue weighted by molar-refractivity contribution is 8.00. The van der Waals surface area contributed by atoms with Crippen LogP contribution < -0.4 is 10.2 Å². The zero-order valence-electron chi connectivity index (χ0n) is 15.5. The molecule has 1 aromatic carbocycles. The van der Waals surface area contributed by atoms with Crippen LogP contribution in [0.15, 0.2) is 41.6 Å². The van der Waals surface area contributed by atoms with Crippen LogP contribution in [0.2, 0.25) is 5.02 Å². The Bertz CT molecular complexity index is 859. The molecular formula is C19H19ClF3N3O2S. The predicted octanol–water partition coefficient (Wildman–Crippen LogP) is 4.71. The van der Waals surface area contributed by atoms with Crippen molar-refractivity contribution in [3.63, 3.8) is 0 Å². The van der Waals surface area contributed by atoms with Gasteiger partial charge in [0, 0.05) is 30.7 Å². The molecule has 2 aromatic rings. The van der Waals surface area contributed by atoms with E-state index in [1.54, 1.807) is 6.92 Å². The molecule has 156 valence electrons. The second kappa shape index (κ2) is 9.23. The Morgan fingerprint density at radius 1 is 1.28 bits per heavy atom. The first-order chi connectivity index (χ1) is 13.7. The number of hydrogen-bond acceptors (Lipinski definition) is 5. The quantitative estimate of drug-likeness (QED) is 0.675. The first-order valence-electron chi connectivity index (χ1n) is 8.87. The zero-order valence-corrected chi connectivity index (χ0v) is 17.1. The minimum atomic E-state index is -4.52. The fraction of sp³-hybridized carbons (Fsp3) is 0.368. The molecule has 2 heterocycles. The molecule has 29 heavy (non-hydrogen) atoms. The van der Waals surface area contributed by atoms with Gasteiger partial charge in [-0.15, -0.1) is 0 Å². The summed E-state index contributed by atoms with van der Waals surface area (Å²) in [5.41, 5.74) is 0.754. The van der Waals surface area contributed by atoms with Gasteiger partial charge in [0.2, 0.25) is 5.91 Å². The lowest BCUT2D eigenvalue weighted by Gasteiger charge is -2.28. The summed E-state index contributed by atoms with van der Waals surface area (Å²) in [6.45, 7) is 4.65. The van der Waals surface area contributed by atoms with Crippen molar-refractivity contribution in [3.8, 4) is 0 Å². The molecule has 1 N–H and O–H groups in total. The van der Waals surface area contributed by atoms with Crippen LogP contribution in [0, 0.1) is 0 Å². The van der Waals surface area contributed by atoms with Crippen LogP contribution in [0.3, 0.4) is 0 Å². The number of morpholine rings is 1. The molecule has 10 heteroatoms. The number of amides is 1. The molecule has 1 saturated heterocycles. The van der Waals surface area contributed by atoms with E-state index in [2.05, 4.69) is 15.2 Å². The van der Waals surface area contributed by atoms with Gasteiger partial charge in [-0.2, -0.15) is 13.2 Å². The Morgan fingerprint density at radius 2 is 1.93 bits per heavy atom. The van der Waals surface area contributed by atoms with Crippen molar-refractivity contribution in [2.24, 2.45) is 0 Å². The zero-order chi connectivity index (χ0) is 21.0. The monoisotopic (exact) mass is 445 g/mol. The summed E-state index contributed by atoms with van der Waals surface area (Å²) in [6.07, 6.45) is -3.81. The van der Waals surface area contributed by atoms with Crippen molar-refractivity contribution in [2.45, 2.75) is 23.4 Å². The molecule has 3 rings (SSSR count). The Labute approximate surface area is 175 Å². The van der Waals surface area contributed by atoms with E-state index in [1.807, 2.05) is 24.3 Å². The van der Waals surface area contributed by atoms with Gasteiger partial charge in [0.05, 0.1) is 29.0 Å². The molecular weight excluding hydrogens is 427 g/mol. The summed E-state index contributed by atoms with van der Waals surface area (Å²) >= 11 is 6.91. The predicted molar refractivity (Wildman–Crippen MR) is 108 cm³/mol. The maximum absolute atomic E-state index is 12.7. The normalized spacial score (nSPS) is 15.8. The van der Waals surface area contributed by atoms with E-state index in [0.29, 0.717) is 25.1 Å². The number of carbonyl (C=O) groups excluding carboxylic acids is 1. The van der Waals surface area contributed by atoms with Crippen LogP contribution >= 0.6 is 23.4 Å². The van der Waals surface area contributed by atoms with E-state index < -0.39 is 17.0 Å². The van der Waals surface area contributed by atoms with Crippen molar-refractivity contribution in [1.29, 1.82) is 0 Å². The van der Waals surface area contributed by atoms with Crippen molar-refractivity contribution in [2.75, 3.05) is 36.5 Å². The van der Waals surface area contributed by atoms with Gasteiger partial charge in [-0.3, -0.25) is 4.79 Å². The summed E-state index contributed by atoms with van der Waals surface area (Å²) in [6, 6.07) is 8.28. The number of nitrogens with one attached hydrogen (secondary N) is 1. The average molecular weight is 446 g/mol. The SMILES string of the molecule is CC(Sc1ncc(C(F)(F)F)cc1Cl)C(=O)Nc1ccc(N2CCOCC2)cc1. The highest BCUT2D eigenvalue weighted by Crippen LogP contribution is 2.35. The minimum Gasteiger partial charge on any atom is -0.378 e. The van der Waals surface area contributed by atoms with Gasteiger partial charge in [-0.1, -0.05) is 23.4 Å². The van der Waals surface area contributed by atoms with Crippen LogP contribution in [-0.4, -0.2) is 42.4 Å². The number of rotatable bonds is 5. The lowest BCUT2D eigenvalue weighted by Crippen LogP contribution is -2.36. The molecule has 0 radical (unpaired) electrons. The van der Waals surface area contributed by atoms with Crippen molar-refractivity contribution in [3.05, 3.63) is 47.1 Å². The lowest BCUT2D eigenvalue weighted by atomic mass is 10.2. The van der Waals surface area contributed by atoms with Crippen LogP contribution in [0.1, 0.15) is 12.5 Å². The maximum atomic E-state index is 12.7. The lowest BCUT2D eigenvalue weighted by molar-refractivity contribution is -0.137. The molecule has 5 nitrogen and oxygen atoms in total. The van der Waals surface area contributed by atoms with E-state index in [0.717, 1.165) is 36.6 Å². The van der Waals surface area contributed by atoms with Gasteiger partial charge >= 0.3 is 6.18 Å². The van der Waals surface area contributed by atoms with Crippen LogP contribution in [-0.2, 0) is 15.7 Å². The number of benzene rings is 1. The Kier molecular flexibility index (Phi) is 6.92. The molecule has 1 aliphatic rings. The third-order valence-electron chi connectivity index (χ3n) is 4.30. The van der Waals surface area contributed by atoms with Crippen LogP contribution in [0.4, 0.5) is 24.5 Å². The molecule has 1 amide bonds. The second-order valence-electron chi connectivity index (χ2n) is 6.40. The van der Waals surface area contributed by atoms with E-state index in [9.17, 15) is 18.0 Å².